The highest BCUT2D eigenvalue weighted by molar-refractivity contribution is 7.15. The summed E-state index contributed by atoms with van der Waals surface area (Å²) < 4.78 is 1.88. The normalized spacial score (nSPS) is 11.1. The molecule has 7 heteroatoms. The van der Waals surface area contributed by atoms with Crippen LogP contribution in [0.1, 0.15) is 0 Å². The van der Waals surface area contributed by atoms with Crippen molar-refractivity contribution in [3.8, 4) is 11.4 Å². The fourth-order valence-corrected chi connectivity index (χ4v) is 2.53. The summed E-state index contributed by atoms with van der Waals surface area (Å²) in [4.78, 5) is 13.0. The Morgan fingerprint density at radius 3 is 3.06 bits per heavy atom. The van der Waals surface area contributed by atoms with E-state index in [1.165, 1.54) is 11.3 Å². The Balaban J connectivity index is 2.32. The molecule has 0 amide bonds. The number of fused-ring (bicyclic) bond motifs is 1. The van der Waals surface area contributed by atoms with Crippen LogP contribution in [0.3, 0.4) is 0 Å². The zero-order chi connectivity index (χ0) is 11.1. The summed E-state index contributed by atoms with van der Waals surface area (Å²) in [6, 6.07) is 1.75. The predicted molar refractivity (Wildman–Crippen MR) is 63.5 cm³/mol. The molecule has 0 fully saturated rings. The fourth-order valence-electron chi connectivity index (χ4n) is 1.49. The van der Waals surface area contributed by atoms with Crippen LogP contribution in [0.4, 0.5) is 5.95 Å². The lowest BCUT2D eigenvalue weighted by atomic mass is 10.3. The highest BCUT2D eigenvalue weighted by atomic mass is 35.5. The van der Waals surface area contributed by atoms with Gasteiger partial charge in [0, 0.05) is 17.8 Å². The van der Waals surface area contributed by atoms with Crippen molar-refractivity contribution in [2.24, 2.45) is 0 Å². The average molecular weight is 252 g/mol. The van der Waals surface area contributed by atoms with E-state index in [9.17, 15) is 0 Å². The molecule has 16 heavy (non-hydrogen) atoms. The molecule has 5 nitrogen and oxygen atoms in total. The average Bonchev–Trinajstić information content (AvgIpc) is 2.76. The molecule has 0 saturated carbocycles. The highest BCUT2D eigenvalue weighted by Gasteiger charge is 2.14. The van der Waals surface area contributed by atoms with Gasteiger partial charge in [-0.1, -0.05) is 11.6 Å². The van der Waals surface area contributed by atoms with E-state index in [0.29, 0.717) is 10.8 Å². The van der Waals surface area contributed by atoms with Gasteiger partial charge in [-0.15, -0.1) is 11.3 Å². The first-order valence-corrected chi connectivity index (χ1v) is 5.71. The maximum atomic E-state index is 6.07. The molecule has 0 aliphatic carbocycles. The van der Waals surface area contributed by atoms with Gasteiger partial charge in [-0.25, -0.2) is 15.0 Å². The molecule has 2 N–H and O–H groups in total. The van der Waals surface area contributed by atoms with Gasteiger partial charge < -0.3 is 5.73 Å². The van der Waals surface area contributed by atoms with Gasteiger partial charge in [-0.05, 0) is 6.07 Å². The number of anilines is 1. The molecule has 3 aromatic rings. The highest BCUT2D eigenvalue weighted by Crippen LogP contribution is 2.29. The molecule has 3 heterocycles. The van der Waals surface area contributed by atoms with Gasteiger partial charge in [0.2, 0.25) is 5.95 Å². The summed E-state index contributed by atoms with van der Waals surface area (Å²) in [5.74, 6) is 0.221. The molecule has 0 unspecified atom stereocenters. The molecule has 0 aromatic carbocycles. The van der Waals surface area contributed by atoms with E-state index >= 15 is 0 Å². The summed E-state index contributed by atoms with van der Waals surface area (Å²) in [6.45, 7) is 0. The van der Waals surface area contributed by atoms with Crippen molar-refractivity contribution in [2.75, 3.05) is 5.73 Å². The smallest absolute Gasteiger partial charge is 0.220 e. The van der Waals surface area contributed by atoms with Gasteiger partial charge in [0.1, 0.15) is 5.69 Å². The largest absolute Gasteiger partial charge is 0.368 e. The number of thiazole rings is 1. The molecule has 0 aliphatic rings. The summed E-state index contributed by atoms with van der Waals surface area (Å²) in [6.07, 6.45) is 3.49. The van der Waals surface area contributed by atoms with Crippen molar-refractivity contribution in [3.63, 3.8) is 0 Å². The second-order valence-electron chi connectivity index (χ2n) is 3.11. The number of nitrogens with two attached hydrogens (primary N) is 1. The fraction of sp³-hybridized carbons (Fsp3) is 0. The molecule has 3 aromatic heterocycles. The van der Waals surface area contributed by atoms with E-state index in [1.54, 1.807) is 12.3 Å². The van der Waals surface area contributed by atoms with Gasteiger partial charge in [0.25, 0.3) is 0 Å². The maximum Gasteiger partial charge on any atom is 0.220 e. The Kier molecular flexibility index (Phi) is 2.05. The third-order valence-corrected chi connectivity index (χ3v) is 3.16. The first-order chi connectivity index (χ1) is 7.75. The minimum absolute atomic E-state index is 0.221. The van der Waals surface area contributed by atoms with Gasteiger partial charge in [0.15, 0.2) is 10.1 Å². The van der Waals surface area contributed by atoms with Crippen LogP contribution < -0.4 is 5.73 Å². The summed E-state index contributed by atoms with van der Waals surface area (Å²) in [5, 5.41) is 2.36. The lowest BCUT2D eigenvalue weighted by Crippen LogP contribution is -1.96. The van der Waals surface area contributed by atoms with Crippen molar-refractivity contribution in [1.29, 1.82) is 0 Å². The van der Waals surface area contributed by atoms with E-state index in [1.807, 2.05) is 16.0 Å². The van der Waals surface area contributed by atoms with E-state index in [0.717, 1.165) is 10.7 Å². The lowest BCUT2D eigenvalue weighted by Gasteiger charge is -1.99. The van der Waals surface area contributed by atoms with Gasteiger partial charge >= 0.3 is 0 Å². The Bertz CT molecular complexity index is 659. The van der Waals surface area contributed by atoms with Crippen molar-refractivity contribution in [3.05, 3.63) is 29.0 Å². The number of imidazole rings is 1. The molecule has 0 aliphatic heterocycles. The minimum atomic E-state index is 0.221. The third-order valence-electron chi connectivity index (χ3n) is 2.14. The van der Waals surface area contributed by atoms with Gasteiger partial charge in [0.05, 0.1) is 5.69 Å². The standard InChI is InChI=1S/C9H6ClN5S/c10-7-6(5-1-2-12-8(11)13-5)15-3-4-16-9(15)14-7/h1-4H,(H2,11,12,13). The zero-order valence-corrected chi connectivity index (χ0v) is 9.53. The molecule has 0 saturated heterocycles. The number of halogens is 1. The monoisotopic (exact) mass is 251 g/mol. The van der Waals surface area contributed by atoms with Gasteiger partial charge in [-0.2, -0.15) is 0 Å². The van der Waals surface area contributed by atoms with Crippen LogP contribution in [-0.4, -0.2) is 19.4 Å². The maximum absolute atomic E-state index is 6.07. The molecular weight excluding hydrogens is 246 g/mol. The quantitative estimate of drug-likeness (QED) is 0.719. The number of hydrogen-bond acceptors (Lipinski definition) is 5. The molecule has 0 radical (unpaired) electrons. The van der Waals surface area contributed by atoms with Crippen LogP contribution in [0.5, 0.6) is 0 Å². The molecular formula is C9H6ClN5S. The second kappa shape index (κ2) is 3.43. The van der Waals surface area contributed by atoms with E-state index < -0.39 is 0 Å². The predicted octanol–water partition coefficient (Wildman–Crippen LogP) is 2.09. The van der Waals surface area contributed by atoms with E-state index in [4.69, 9.17) is 17.3 Å². The minimum Gasteiger partial charge on any atom is -0.368 e. The third kappa shape index (κ3) is 1.35. The van der Waals surface area contributed by atoms with Crippen LogP contribution in [0.25, 0.3) is 16.3 Å². The first kappa shape index (κ1) is 9.56. The van der Waals surface area contributed by atoms with Crippen LogP contribution in [-0.2, 0) is 0 Å². The van der Waals surface area contributed by atoms with E-state index in [-0.39, 0.29) is 5.95 Å². The zero-order valence-electron chi connectivity index (χ0n) is 7.96. The number of hydrogen-bond donors (Lipinski definition) is 1. The van der Waals surface area contributed by atoms with Crippen molar-refractivity contribution in [1.82, 2.24) is 19.4 Å². The molecule has 3 rings (SSSR count). The second-order valence-corrected chi connectivity index (χ2v) is 4.34. The van der Waals surface area contributed by atoms with Gasteiger partial charge in [-0.3, -0.25) is 4.40 Å². The topological polar surface area (TPSA) is 69.1 Å². The van der Waals surface area contributed by atoms with Crippen LogP contribution >= 0.6 is 22.9 Å². The van der Waals surface area contributed by atoms with Crippen LogP contribution in [0.15, 0.2) is 23.8 Å². The summed E-state index contributed by atoms with van der Waals surface area (Å²) in [7, 11) is 0. The van der Waals surface area contributed by atoms with Crippen LogP contribution in [0, 0.1) is 0 Å². The Morgan fingerprint density at radius 2 is 2.25 bits per heavy atom. The van der Waals surface area contributed by atoms with Crippen molar-refractivity contribution < 1.29 is 0 Å². The summed E-state index contributed by atoms with van der Waals surface area (Å²) in [5.41, 5.74) is 6.95. The molecule has 80 valence electrons. The Morgan fingerprint density at radius 1 is 1.38 bits per heavy atom. The SMILES string of the molecule is Nc1nccc(-c2c(Cl)nc3sccn23)n1. The molecule has 0 spiro atoms. The van der Waals surface area contributed by atoms with Crippen molar-refractivity contribution in [2.45, 2.75) is 0 Å². The number of nitrogens with zero attached hydrogens (tertiary/aromatic N) is 4. The van der Waals surface area contributed by atoms with Crippen LogP contribution in [0.2, 0.25) is 5.15 Å². The molecule has 0 atom stereocenters. The Hall–Kier alpha value is -1.66. The number of rotatable bonds is 1. The summed E-state index contributed by atoms with van der Waals surface area (Å²) >= 11 is 7.58. The lowest BCUT2D eigenvalue weighted by molar-refractivity contribution is 1.15. The number of nitrogen functional groups attached to an aromatic ring is 1. The number of aromatic nitrogens is 4. The van der Waals surface area contributed by atoms with E-state index in [2.05, 4.69) is 15.0 Å². The first-order valence-electron chi connectivity index (χ1n) is 4.45. The molecule has 0 bridgehead atoms. The Labute approximate surface area is 99.5 Å². The van der Waals surface area contributed by atoms with Crippen molar-refractivity contribution >= 4 is 33.8 Å².